The van der Waals surface area contributed by atoms with Crippen LogP contribution < -0.4 is 4.72 Å². The van der Waals surface area contributed by atoms with Crippen LogP contribution in [0.3, 0.4) is 0 Å². The zero-order chi connectivity index (χ0) is 15.7. The molecule has 5 nitrogen and oxygen atoms in total. The first-order valence-electron chi connectivity index (χ1n) is 7.14. The van der Waals surface area contributed by atoms with Gasteiger partial charge in [0, 0.05) is 25.2 Å². The Morgan fingerprint density at radius 1 is 1.38 bits per heavy atom. The lowest BCUT2D eigenvalue weighted by molar-refractivity contribution is -0.0945. The molecule has 0 bridgehead atoms. The van der Waals surface area contributed by atoms with Gasteiger partial charge in [-0.1, -0.05) is 6.07 Å². The molecule has 0 radical (unpaired) electrons. The Hall–Kier alpha value is -0.470. The van der Waals surface area contributed by atoms with Gasteiger partial charge in [0.25, 0.3) is 0 Å². The Kier molecular flexibility index (Phi) is 5.10. The number of nitrogens with zero attached hydrogens (tertiary/aromatic N) is 1. The molecule has 1 aromatic heterocycles. The number of rotatable bonds is 5. The van der Waals surface area contributed by atoms with Gasteiger partial charge in [-0.25, -0.2) is 13.1 Å². The maximum atomic E-state index is 12.2. The monoisotopic (exact) mass is 332 g/mol. The van der Waals surface area contributed by atoms with Crippen molar-refractivity contribution in [3.8, 4) is 0 Å². The minimum atomic E-state index is -3.41. The molecule has 1 aromatic rings. The van der Waals surface area contributed by atoms with Crippen molar-refractivity contribution < 1.29 is 13.2 Å². The van der Waals surface area contributed by atoms with Crippen molar-refractivity contribution >= 4 is 21.4 Å². The van der Waals surface area contributed by atoms with Gasteiger partial charge < -0.3 is 4.74 Å². The highest BCUT2D eigenvalue weighted by Crippen LogP contribution is 2.22. The lowest BCUT2D eigenvalue weighted by atomic mass is 10.0. The Morgan fingerprint density at radius 3 is 2.52 bits per heavy atom. The highest BCUT2D eigenvalue weighted by Gasteiger charge is 2.34. The van der Waals surface area contributed by atoms with E-state index in [1.165, 1.54) is 11.3 Å². The first-order chi connectivity index (χ1) is 9.71. The molecule has 2 heterocycles. The molecule has 0 saturated carbocycles. The molecular weight excluding hydrogens is 308 g/mol. The average molecular weight is 332 g/mol. The molecule has 21 heavy (non-hydrogen) atoms. The summed E-state index contributed by atoms with van der Waals surface area (Å²) < 4.78 is 33.2. The van der Waals surface area contributed by atoms with Gasteiger partial charge in [0.15, 0.2) is 0 Å². The lowest BCUT2D eigenvalue weighted by Gasteiger charge is -2.45. The SMILES string of the molecule is C[C@H]1CN(C(C)(C)CNS(=O)(=O)c2cccs2)C[C@H](C)O1. The quantitative estimate of drug-likeness (QED) is 0.895. The van der Waals surface area contributed by atoms with Crippen molar-refractivity contribution in [2.75, 3.05) is 19.6 Å². The summed E-state index contributed by atoms with van der Waals surface area (Å²) in [6, 6.07) is 3.37. The van der Waals surface area contributed by atoms with Gasteiger partial charge in [0.05, 0.1) is 12.2 Å². The van der Waals surface area contributed by atoms with E-state index >= 15 is 0 Å². The van der Waals surface area contributed by atoms with Gasteiger partial charge in [-0.3, -0.25) is 4.90 Å². The van der Waals surface area contributed by atoms with Crippen LogP contribution in [0.1, 0.15) is 27.7 Å². The Balaban J connectivity index is 2.01. The van der Waals surface area contributed by atoms with E-state index in [1.54, 1.807) is 17.5 Å². The van der Waals surface area contributed by atoms with Crippen molar-refractivity contribution in [1.29, 1.82) is 0 Å². The zero-order valence-corrected chi connectivity index (χ0v) is 14.6. The molecule has 0 amide bonds. The highest BCUT2D eigenvalue weighted by atomic mass is 32.2. The summed E-state index contributed by atoms with van der Waals surface area (Å²) in [5, 5.41) is 1.77. The van der Waals surface area contributed by atoms with Crippen LogP contribution in [0.4, 0.5) is 0 Å². The van der Waals surface area contributed by atoms with Crippen LogP contribution >= 0.6 is 11.3 Å². The van der Waals surface area contributed by atoms with Crippen LogP contribution in [-0.4, -0.2) is 50.7 Å². The van der Waals surface area contributed by atoms with E-state index in [-0.39, 0.29) is 17.7 Å². The van der Waals surface area contributed by atoms with Gasteiger partial charge in [-0.05, 0) is 39.1 Å². The first-order valence-corrected chi connectivity index (χ1v) is 9.51. The van der Waals surface area contributed by atoms with Crippen LogP contribution in [0, 0.1) is 0 Å². The molecule has 0 spiro atoms. The molecule has 1 aliphatic heterocycles. The largest absolute Gasteiger partial charge is 0.373 e. The summed E-state index contributed by atoms with van der Waals surface area (Å²) >= 11 is 1.23. The van der Waals surface area contributed by atoms with Gasteiger partial charge in [-0.2, -0.15) is 0 Å². The van der Waals surface area contributed by atoms with Crippen LogP contribution in [0.2, 0.25) is 0 Å². The lowest BCUT2D eigenvalue weighted by Crippen LogP contribution is -2.58. The molecule has 0 aliphatic carbocycles. The number of hydrogen-bond acceptors (Lipinski definition) is 5. The number of nitrogens with one attached hydrogen (secondary N) is 1. The standard InChI is InChI=1S/C14H24N2O3S2/c1-11-8-16(9-12(2)19-11)14(3,4)10-15-21(17,18)13-6-5-7-20-13/h5-7,11-12,15H,8-10H2,1-4H3/t11-,12-/m0/s1. The Morgan fingerprint density at radius 2 is 2.00 bits per heavy atom. The summed E-state index contributed by atoms with van der Waals surface area (Å²) in [7, 11) is -3.41. The zero-order valence-electron chi connectivity index (χ0n) is 13.0. The molecule has 1 fully saturated rings. The van der Waals surface area contributed by atoms with E-state index in [4.69, 9.17) is 4.74 Å². The fraction of sp³-hybridized carbons (Fsp3) is 0.714. The van der Waals surface area contributed by atoms with Gasteiger partial charge in [-0.15, -0.1) is 11.3 Å². The first kappa shape index (κ1) is 16.9. The van der Waals surface area contributed by atoms with Crippen molar-refractivity contribution in [2.45, 2.75) is 49.7 Å². The summed E-state index contributed by atoms with van der Waals surface area (Å²) in [6.45, 7) is 10.2. The minimum Gasteiger partial charge on any atom is -0.373 e. The van der Waals surface area contributed by atoms with Crippen LogP contribution in [-0.2, 0) is 14.8 Å². The molecule has 2 rings (SSSR count). The second-order valence-electron chi connectivity index (χ2n) is 6.23. The van der Waals surface area contributed by atoms with E-state index in [0.717, 1.165) is 13.1 Å². The molecule has 7 heteroatoms. The summed E-state index contributed by atoms with van der Waals surface area (Å²) in [4.78, 5) is 2.29. The predicted molar refractivity (Wildman–Crippen MR) is 85.2 cm³/mol. The van der Waals surface area contributed by atoms with Gasteiger partial charge in [0.1, 0.15) is 4.21 Å². The Labute approximate surface area is 131 Å². The highest BCUT2D eigenvalue weighted by molar-refractivity contribution is 7.91. The second-order valence-corrected chi connectivity index (χ2v) is 9.17. The van der Waals surface area contributed by atoms with E-state index in [1.807, 2.05) is 0 Å². The molecule has 0 unspecified atom stereocenters. The summed E-state index contributed by atoms with van der Waals surface area (Å²) in [6.07, 6.45) is 0.337. The molecule has 120 valence electrons. The number of hydrogen-bond donors (Lipinski definition) is 1. The Bertz CT molecular complexity index is 545. The summed E-state index contributed by atoms with van der Waals surface area (Å²) in [5.41, 5.74) is -0.253. The van der Waals surface area contributed by atoms with Gasteiger partial charge in [0.2, 0.25) is 10.0 Å². The molecule has 2 atom stereocenters. The van der Waals surface area contributed by atoms with E-state index < -0.39 is 10.0 Å². The second kappa shape index (κ2) is 6.34. The average Bonchev–Trinajstić information content (AvgIpc) is 2.90. The maximum absolute atomic E-state index is 12.2. The topological polar surface area (TPSA) is 58.6 Å². The smallest absolute Gasteiger partial charge is 0.250 e. The van der Waals surface area contributed by atoms with Crippen LogP contribution in [0.5, 0.6) is 0 Å². The third-order valence-corrected chi connectivity index (χ3v) is 6.53. The van der Waals surface area contributed by atoms with Gasteiger partial charge >= 0.3 is 0 Å². The molecule has 1 N–H and O–H groups in total. The molecule has 0 aromatic carbocycles. The molecule has 1 saturated heterocycles. The summed E-state index contributed by atoms with van der Waals surface area (Å²) in [5.74, 6) is 0. The van der Waals surface area contributed by atoms with Crippen LogP contribution in [0.15, 0.2) is 21.7 Å². The van der Waals surface area contributed by atoms with Crippen molar-refractivity contribution in [3.63, 3.8) is 0 Å². The van der Waals surface area contributed by atoms with E-state index in [0.29, 0.717) is 10.8 Å². The number of sulfonamides is 1. The van der Waals surface area contributed by atoms with Crippen molar-refractivity contribution in [2.24, 2.45) is 0 Å². The van der Waals surface area contributed by atoms with Crippen molar-refractivity contribution in [1.82, 2.24) is 9.62 Å². The van der Waals surface area contributed by atoms with E-state index in [9.17, 15) is 8.42 Å². The third-order valence-electron chi connectivity index (χ3n) is 3.73. The van der Waals surface area contributed by atoms with Crippen molar-refractivity contribution in [3.05, 3.63) is 17.5 Å². The number of ether oxygens (including phenoxy) is 1. The molecular formula is C14H24N2O3S2. The van der Waals surface area contributed by atoms with E-state index in [2.05, 4.69) is 37.3 Å². The number of thiophene rings is 1. The molecule has 1 aliphatic rings. The normalized spacial score (nSPS) is 25.1. The fourth-order valence-electron chi connectivity index (χ4n) is 2.54. The fourth-order valence-corrected chi connectivity index (χ4v) is 4.78. The van der Waals surface area contributed by atoms with Crippen LogP contribution in [0.25, 0.3) is 0 Å². The predicted octanol–water partition coefficient (Wildman–Crippen LogP) is 1.91. The minimum absolute atomic E-state index is 0.168. The number of morpholine rings is 1. The maximum Gasteiger partial charge on any atom is 0.250 e. The third kappa shape index (κ3) is 4.26.